The molecule has 0 bridgehead atoms. The third-order valence-electron chi connectivity index (χ3n) is 4.64. The van der Waals surface area contributed by atoms with Gasteiger partial charge in [-0.25, -0.2) is 0 Å². The lowest BCUT2D eigenvalue weighted by Gasteiger charge is -2.36. The Morgan fingerprint density at radius 1 is 1.38 bits per heavy atom. The molecule has 1 aliphatic heterocycles. The number of carbonyl (C=O) groups excluding carboxylic acids is 2. The Morgan fingerprint density at radius 3 is 2.19 bits per heavy atom. The number of hydrogen-bond acceptors (Lipinski definition) is 2. The van der Waals surface area contributed by atoms with E-state index in [9.17, 15) is 9.59 Å². The van der Waals surface area contributed by atoms with Crippen molar-refractivity contribution in [1.82, 2.24) is 4.90 Å². The van der Waals surface area contributed by atoms with Crippen LogP contribution in [-0.2, 0) is 9.59 Å². The highest BCUT2D eigenvalue weighted by Gasteiger charge is 2.82. The van der Waals surface area contributed by atoms with Crippen molar-refractivity contribution in [2.24, 2.45) is 16.7 Å². The molecule has 1 saturated carbocycles. The van der Waals surface area contributed by atoms with Crippen molar-refractivity contribution in [3.63, 3.8) is 0 Å². The van der Waals surface area contributed by atoms with Gasteiger partial charge in [-0.3, -0.25) is 9.59 Å². The molecule has 0 aromatic carbocycles. The SMILES string of the molecule is CC(=O)[C@]12C(=O)N(C(C)(C)C)C[C@H]1C2(C)C. The zero-order valence-corrected chi connectivity index (χ0v) is 11.0. The molecule has 0 unspecified atom stereocenters. The first-order chi connectivity index (χ1) is 7.08. The molecule has 1 saturated heterocycles. The van der Waals surface area contributed by atoms with Gasteiger partial charge in [-0.05, 0) is 33.1 Å². The number of hydrogen-bond donors (Lipinski definition) is 0. The second-order valence-electron chi connectivity index (χ2n) is 6.73. The van der Waals surface area contributed by atoms with Crippen LogP contribution < -0.4 is 0 Å². The third-order valence-corrected chi connectivity index (χ3v) is 4.64. The normalized spacial score (nSPS) is 36.2. The minimum absolute atomic E-state index is 0.0410. The van der Waals surface area contributed by atoms with Gasteiger partial charge in [0, 0.05) is 18.0 Å². The van der Waals surface area contributed by atoms with Crippen LogP contribution in [-0.4, -0.2) is 28.7 Å². The minimum atomic E-state index is -0.708. The van der Waals surface area contributed by atoms with E-state index >= 15 is 0 Å². The van der Waals surface area contributed by atoms with E-state index in [0.29, 0.717) is 0 Å². The Balaban J connectivity index is 2.39. The van der Waals surface area contributed by atoms with Crippen molar-refractivity contribution in [2.75, 3.05) is 6.54 Å². The molecule has 16 heavy (non-hydrogen) atoms. The minimum Gasteiger partial charge on any atom is -0.337 e. The van der Waals surface area contributed by atoms with Crippen molar-refractivity contribution in [2.45, 2.75) is 47.1 Å². The molecule has 3 heteroatoms. The van der Waals surface area contributed by atoms with Crippen LogP contribution in [0.3, 0.4) is 0 Å². The van der Waals surface area contributed by atoms with E-state index in [0.717, 1.165) is 6.54 Å². The highest BCUT2D eigenvalue weighted by atomic mass is 16.2. The Hall–Kier alpha value is -0.860. The molecular formula is C13H21NO2. The number of likely N-dealkylation sites (tertiary alicyclic amines) is 1. The Morgan fingerprint density at radius 2 is 1.88 bits per heavy atom. The number of amides is 1. The molecule has 1 amide bonds. The topological polar surface area (TPSA) is 37.4 Å². The van der Waals surface area contributed by atoms with E-state index < -0.39 is 5.41 Å². The molecule has 3 nitrogen and oxygen atoms in total. The number of fused-ring (bicyclic) bond motifs is 1. The fraction of sp³-hybridized carbons (Fsp3) is 0.846. The predicted octanol–water partition coefficient (Wildman–Crippen LogP) is 1.86. The largest absolute Gasteiger partial charge is 0.337 e. The molecule has 0 spiro atoms. The number of ketones is 1. The maximum Gasteiger partial charge on any atom is 0.237 e. The van der Waals surface area contributed by atoms with Crippen molar-refractivity contribution >= 4 is 11.7 Å². The smallest absolute Gasteiger partial charge is 0.237 e. The van der Waals surface area contributed by atoms with Crippen molar-refractivity contribution in [3.8, 4) is 0 Å². The number of nitrogens with zero attached hydrogens (tertiary/aromatic N) is 1. The monoisotopic (exact) mass is 223 g/mol. The van der Waals surface area contributed by atoms with Crippen molar-refractivity contribution in [1.29, 1.82) is 0 Å². The summed E-state index contributed by atoms with van der Waals surface area (Å²) in [6.07, 6.45) is 0. The van der Waals surface area contributed by atoms with Gasteiger partial charge < -0.3 is 4.90 Å². The molecule has 1 heterocycles. The molecule has 2 aliphatic rings. The van der Waals surface area contributed by atoms with E-state index in [2.05, 4.69) is 0 Å². The summed E-state index contributed by atoms with van der Waals surface area (Å²) in [4.78, 5) is 26.2. The van der Waals surface area contributed by atoms with Crippen LogP contribution in [0.4, 0.5) is 0 Å². The van der Waals surface area contributed by atoms with Gasteiger partial charge in [0.25, 0.3) is 0 Å². The van der Waals surface area contributed by atoms with Gasteiger partial charge in [-0.15, -0.1) is 0 Å². The fourth-order valence-electron chi connectivity index (χ4n) is 3.57. The summed E-state index contributed by atoms with van der Waals surface area (Å²) in [7, 11) is 0. The third kappa shape index (κ3) is 0.994. The highest BCUT2D eigenvalue weighted by molar-refractivity contribution is 6.12. The maximum atomic E-state index is 12.5. The standard InChI is InChI=1S/C13H21NO2/c1-8(15)13-9(12(13,5)6)7-14(10(13)16)11(2,3)4/h9H,7H2,1-6H3/t9-,13+/m0/s1. The van der Waals surface area contributed by atoms with Crippen LogP contribution in [0.2, 0.25) is 0 Å². The van der Waals surface area contributed by atoms with Gasteiger partial charge in [-0.1, -0.05) is 13.8 Å². The van der Waals surface area contributed by atoms with Crippen LogP contribution in [0.5, 0.6) is 0 Å². The van der Waals surface area contributed by atoms with E-state index in [1.54, 1.807) is 6.92 Å². The van der Waals surface area contributed by atoms with Crippen LogP contribution in [0.1, 0.15) is 41.5 Å². The number of rotatable bonds is 1. The van der Waals surface area contributed by atoms with Gasteiger partial charge in [0.1, 0.15) is 11.2 Å². The first kappa shape index (κ1) is 11.6. The molecule has 1 aliphatic carbocycles. The van der Waals surface area contributed by atoms with E-state index in [1.165, 1.54) is 0 Å². The van der Waals surface area contributed by atoms with Crippen molar-refractivity contribution < 1.29 is 9.59 Å². The summed E-state index contributed by atoms with van der Waals surface area (Å²) in [6.45, 7) is 12.4. The summed E-state index contributed by atoms with van der Waals surface area (Å²) in [6, 6.07) is 0. The lowest BCUT2D eigenvalue weighted by atomic mass is 9.89. The molecule has 0 aromatic rings. The average molecular weight is 223 g/mol. The number of piperidine rings is 1. The predicted molar refractivity (Wildman–Crippen MR) is 61.9 cm³/mol. The zero-order chi connectivity index (χ0) is 12.5. The second kappa shape index (κ2) is 2.69. The Bertz CT molecular complexity index is 378. The average Bonchev–Trinajstić information content (AvgIpc) is 2.42. The quantitative estimate of drug-likeness (QED) is 0.636. The van der Waals surface area contributed by atoms with E-state index in [-0.39, 0.29) is 28.6 Å². The zero-order valence-electron chi connectivity index (χ0n) is 11.0. The van der Waals surface area contributed by atoms with Crippen LogP contribution in [0.25, 0.3) is 0 Å². The lowest BCUT2D eigenvalue weighted by molar-refractivity contribution is -0.144. The summed E-state index contributed by atoms with van der Waals surface area (Å²) in [5.74, 6) is 0.297. The lowest BCUT2D eigenvalue weighted by Crippen LogP contribution is -2.48. The molecule has 2 rings (SSSR count). The maximum absolute atomic E-state index is 12.5. The van der Waals surface area contributed by atoms with Gasteiger partial charge in [0.05, 0.1) is 0 Å². The van der Waals surface area contributed by atoms with Gasteiger partial charge >= 0.3 is 0 Å². The van der Waals surface area contributed by atoms with Crippen LogP contribution >= 0.6 is 0 Å². The van der Waals surface area contributed by atoms with Gasteiger partial charge in [0.2, 0.25) is 5.91 Å². The van der Waals surface area contributed by atoms with E-state index in [4.69, 9.17) is 0 Å². The van der Waals surface area contributed by atoms with Crippen molar-refractivity contribution in [3.05, 3.63) is 0 Å². The first-order valence-electron chi connectivity index (χ1n) is 5.91. The first-order valence-corrected chi connectivity index (χ1v) is 5.91. The summed E-state index contributed by atoms with van der Waals surface area (Å²) in [5, 5.41) is 0. The number of carbonyl (C=O) groups is 2. The van der Waals surface area contributed by atoms with Gasteiger partial charge in [0.15, 0.2) is 0 Å². The summed E-state index contributed by atoms with van der Waals surface area (Å²) >= 11 is 0. The molecule has 90 valence electrons. The van der Waals surface area contributed by atoms with Crippen LogP contribution in [0, 0.1) is 16.7 Å². The molecule has 2 fully saturated rings. The molecule has 0 N–H and O–H groups in total. The van der Waals surface area contributed by atoms with E-state index in [1.807, 2.05) is 39.5 Å². The summed E-state index contributed by atoms with van der Waals surface area (Å²) in [5.41, 5.74) is -1.03. The van der Waals surface area contributed by atoms with Crippen LogP contribution in [0.15, 0.2) is 0 Å². The highest BCUT2D eigenvalue weighted by Crippen LogP contribution is 2.73. The molecule has 0 aromatic heterocycles. The molecular weight excluding hydrogens is 202 g/mol. The van der Waals surface area contributed by atoms with Gasteiger partial charge in [-0.2, -0.15) is 0 Å². The Kier molecular flexibility index (Phi) is 1.95. The number of Topliss-reactive ketones (excluding diaryl/α,β-unsaturated/α-hetero) is 1. The second-order valence-corrected chi connectivity index (χ2v) is 6.73. The molecule has 0 radical (unpaired) electrons. The summed E-state index contributed by atoms with van der Waals surface area (Å²) < 4.78 is 0. The fourth-order valence-corrected chi connectivity index (χ4v) is 3.57. The molecule has 2 atom stereocenters. The Labute approximate surface area is 97.2 Å².